The Morgan fingerprint density at radius 3 is 2.12 bits per heavy atom. The van der Waals surface area contributed by atoms with Gasteiger partial charge in [-0.05, 0) is 37.4 Å². The molecule has 0 radical (unpaired) electrons. The van der Waals surface area contributed by atoms with E-state index in [4.69, 9.17) is 0 Å². The monoisotopic (exact) mass is 472 g/mol. The zero-order valence-corrected chi connectivity index (χ0v) is 19.6. The van der Waals surface area contributed by atoms with Crippen LogP contribution in [0, 0.1) is 0 Å². The summed E-state index contributed by atoms with van der Waals surface area (Å²) in [6.45, 7) is 6.70. The Morgan fingerprint density at radius 1 is 0.938 bits per heavy atom. The van der Waals surface area contributed by atoms with Crippen LogP contribution in [0.25, 0.3) is 10.2 Å². The van der Waals surface area contributed by atoms with Crippen molar-refractivity contribution >= 4 is 56.8 Å². The molecule has 2 aromatic carbocycles. The van der Waals surface area contributed by atoms with Crippen LogP contribution < -0.4 is 4.90 Å². The number of hydrogen-bond acceptors (Lipinski definition) is 6. The number of imide groups is 1. The van der Waals surface area contributed by atoms with E-state index in [9.17, 15) is 14.4 Å². The molecule has 0 unspecified atom stereocenters. The molecule has 9 heteroatoms. The number of halogens is 1. The van der Waals surface area contributed by atoms with E-state index in [2.05, 4.69) is 23.7 Å². The molecular weight excluding hydrogens is 448 g/mol. The molecule has 1 aliphatic rings. The summed E-state index contributed by atoms with van der Waals surface area (Å²) in [5.74, 6) is -1.18. The molecule has 0 N–H and O–H groups in total. The number of benzene rings is 2. The van der Waals surface area contributed by atoms with Crippen LogP contribution in [0.3, 0.4) is 0 Å². The van der Waals surface area contributed by atoms with Gasteiger partial charge in [0.1, 0.15) is 6.54 Å². The highest BCUT2D eigenvalue weighted by atomic mass is 35.5. The summed E-state index contributed by atoms with van der Waals surface area (Å²) in [6.07, 6.45) is 0. The number of para-hydroxylation sites is 1. The average Bonchev–Trinajstić information content (AvgIpc) is 3.32. The fourth-order valence-corrected chi connectivity index (χ4v) is 4.70. The highest BCUT2D eigenvalue weighted by Crippen LogP contribution is 2.29. The molecule has 1 aliphatic heterocycles. The minimum absolute atomic E-state index is 0. The fourth-order valence-electron chi connectivity index (χ4n) is 3.69. The lowest BCUT2D eigenvalue weighted by molar-refractivity contribution is -0.119. The summed E-state index contributed by atoms with van der Waals surface area (Å²) in [4.78, 5) is 48.3. The predicted molar refractivity (Wildman–Crippen MR) is 129 cm³/mol. The lowest BCUT2D eigenvalue weighted by atomic mass is 10.1. The number of hydrogen-bond donors (Lipinski definition) is 0. The third-order valence-electron chi connectivity index (χ3n) is 5.52. The fraction of sp³-hybridized carbons (Fsp3) is 0.304. The second kappa shape index (κ2) is 10.2. The van der Waals surface area contributed by atoms with Crippen molar-refractivity contribution in [1.82, 2.24) is 14.8 Å². The van der Waals surface area contributed by atoms with Gasteiger partial charge in [0.25, 0.3) is 11.8 Å². The third kappa shape index (κ3) is 4.53. The molecule has 1 aromatic heterocycles. The number of aromatic nitrogens is 1. The van der Waals surface area contributed by atoms with Crippen molar-refractivity contribution in [3.8, 4) is 0 Å². The van der Waals surface area contributed by atoms with Gasteiger partial charge in [0.05, 0.1) is 21.3 Å². The number of carbonyl (C=O) groups excluding carboxylic acids is 3. The van der Waals surface area contributed by atoms with Gasteiger partial charge in [-0.2, -0.15) is 0 Å². The normalized spacial score (nSPS) is 12.9. The first-order valence-corrected chi connectivity index (χ1v) is 11.2. The van der Waals surface area contributed by atoms with Crippen LogP contribution >= 0.6 is 23.7 Å². The Labute approximate surface area is 197 Å². The van der Waals surface area contributed by atoms with Crippen LogP contribution in [0.15, 0.2) is 48.5 Å². The summed E-state index contributed by atoms with van der Waals surface area (Å²) < 4.78 is 0.985. The van der Waals surface area contributed by atoms with Crippen molar-refractivity contribution in [3.63, 3.8) is 0 Å². The van der Waals surface area contributed by atoms with E-state index in [1.165, 1.54) is 11.3 Å². The average molecular weight is 473 g/mol. The Hall–Kier alpha value is -2.81. The third-order valence-corrected chi connectivity index (χ3v) is 6.58. The van der Waals surface area contributed by atoms with Gasteiger partial charge in [-0.3, -0.25) is 24.2 Å². The quantitative estimate of drug-likeness (QED) is 0.467. The van der Waals surface area contributed by atoms with Crippen molar-refractivity contribution in [3.05, 3.63) is 59.7 Å². The van der Waals surface area contributed by atoms with E-state index < -0.39 is 11.8 Å². The molecule has 0 saturated heterocycles. The number of anilines is 1. The van der Waals surface area contributed by atoms with Crippen LogP contribution in [-0.4, -0.2) is 65.2 Å². The first-order valence-electron chi connectivity index (χ1n) is 10.4. The maximum absolute atomic E-state index is 13.3. The van der Waals surface area contributed by atoms with Crippen LogP contribution in [0.5, 0.6) is 0 Å². The summed E-state index contributed by atoms with van der Waals surface area (Å²) in [5.41, 5.74) is 1.51. The van der Waals surface area contributed by atoms with Crippen molar-refractivity contribution in [1.29, 1.82) is 0 Å². The van der Waals surface area contributed by atoms with Crippen LogP contribution in [-0.2, 0) is 4.79 Å². The van der Waals surface area contributed by atoms with Gasteiger partial charge in [-0.25, -0.2) is 4.98 Å². The summed E-state index contributed by atoms with van der Waals surface area (Å²) in [5, 5.41) is 0.579. The molecule has 3 aromatic rings. The van der Waals surface area contributed by atoms with Crippen molar-refractivity contribution < 1.29 is 14.4 Å². The number of nitrogens with zero attached hydrogens (tertiary/aromatic N) is 4. The lowest BCUT2D eigenvalue weighted by Gasteiger charge is -2.26. The zero-order chi connectivity index (χ0) is 22.0. The van der Waals surface area contributed by atoms with E-state index >= 15 is 0 Å². The number of rotatable bonds is 8. The minimum atomic E-state index is -0.429. The largest absolute Gasteiger partial charge is 0.302 e. The SMILES string of the molecule is CCN(CC)CCN(C(=O)CN1C(=O)c2ccccc2C1=O)c1nc2ccccc2s1.Cl. The number of likely N-dealkylation sites (N-methyl/N-ethyl adjacent to an activating group) is 1. The van der Waals surface area contributed by atoms with Gasteiger partial charge in [0.2, 0.25) is 5.91 Å². The zero-order valence-electron chi connectivity index (χ0n) is 18.0. The second-order valence-electron chi connectivity index (χ2n) is 7.28. The van der Waals surface area contributed by atoms with E-state index in [-0.39, 0.29) is 24.9 Å². The summed E-state index contributed by atoms with van der Waals surface area (Å²) in [6, 6.07) is 14.4. The molecule has 0 bridgehead atoms. The standard InChI is InChI=1S/C23H24N4O3S.ClH/c1-3-25(4-2)13-14-26(23-24-18-11-7-8-12-19(18)31-23)20(28)15-27-21(29)16-9-5-6-10-17(16)22(27)30;/h5-12H,3-4,13-15H2,1-2H3;1H. The van der Waals surface area contributed by atoms with Gasteiger partial charge < -0.3 is 4.90 Å². The Balaban J connectivity index is 0.00000289. The molecule has 168 valence electrons. The Morgan fingerprint density at radius 2 is 1.53 bits per heavy atom. The second-order valence-corrected chi connectivity index (χ2v) is 8.29. The van der Waals surface area contributed by atoms with E-state index in [1.54, 1.807) is 29.2 Å². The molecule has 3 amide bonds. The van der Waals surface area contributed by atoms with Crippen LogP contribution in [0.1, 0.15) is 34.6 Å². The topological polar surface area (TPSA) is 73.8 Å². The summed E-state index contributed by atoms with van der Waals surface area (Å²) in [7, 11) is 0. The Kier molecular flexibility index (Phi) is 7.60. The molecular formula is C23H25ClN4O3S. The first-order chi connectivity index (χ1) is 15.0. The smallest absolute Gasteiger partial charge is 0.262 e. The Bertz CT molecular complexity index is 1080. The van der Waals surface area contributed by atoms with Crippen molar-refractivity contribution in [2.45, 2.75) is 13.8 Å². The highest BCUT2D eigenvalue weighted by molar-refractivity contribution is 7.22. The van der Waals surface area contributed by atoms with Crippen molar-refractivity contribution in [2.75, 3.05) is 37.6 Å². The first kappa shape index (κ1) is 23.8. The number of amides is 3. The van der Waals surface area contributed by atoms with E-state index in [1.807, 2.05) is 24.3 Å². The molecule has 0 fully saturated rings. The van der Waals surface area contributed by atoms with Gasteiger partial charge in [0.15, 0.2) is 5.13 Å². The van der Waals surface area contributed by atoms with Gasteiger partial charge in [-0.15, -0.1) is 12.4 Å². The molecule has 0 aliphatic carbocycles. The lowest BCUT2D eigenvalue weighted by Crippen LogP contribution is -2.45. The number of carbonyl (C=O) groups is 3. The van der Waals surface area contributed by atoms with Crippen LogP contribution in [0.2, 0.25) is 0 Å². The molecule has 0 saturated carbocycles. The highest BCUT2D eigenvalue weighted by Gasteiger charge is 2.37. The molecule has 4 rings (SSSR count). The van der Waals surface area contributed by atoms with E-state index in [0.717, 1.165) is 28.2 Å². The van der Waals surface area contributed by atoms with Crippen LogP contribution in [0.4, 0.5) is 5.13 Å². The number of thiazole rings is 1. The van der Waals surface area contributed by atoms with Gasteiger partial charge in [0, 0.05) is 13.1 Å². The molecule has 32 heavy (non-hydrogen) atoms. The van der Waals surface area contributed by atoms with E-state index in [0.29, 0.717) is 29.3 Å². The van der Waals surface area contributed by atoms with Crippen molar-refractivity contribution in [2.24, 2.45) is 0 Å². The molecule has 7 nitrogen and oxygen atoms in total. The maximum atomic E-state index is 13.3. The summed E-state index contributed by atoms with van der Waals surface area (Å²) >= 11 is 1.43. The number of fused-ring (bicyclic) bond motifs is 2. The molecule has 0 atom stereocenters. The molecule has 0 spiro atoms. The van der Waals surface area contributed by atoms with Gasteiger partial charge in [-0.1, -0.05) is 49.4 Å². The molecule has 2 heterocycles. The van der Waals surface area contributed by atoms with Gasteiger partial charge >= 0.3 is 0 Å². The maximum Gasteiger partial charge on any atom is 0.262 e. The minimum Gasteiger partial charge on any atom is -0.302 e. The predicted octanol–water partition coefficient (Wildman–Crippen LogP) is 3.69.